The monoisotopic (exact) mass is 185 g/mol. The molecule has 0 spiro atoms. The summed E-state index contributed by atoms with van der Waals surface area (Å²) in [5.41, 5.74) is 0. The Morgan fingerprint density at radius 1 is 1.38 bits per heavy atom. The molecule has 2 unspecified atom stereocenters. The molecule has 3 saturated heterocycles. The van der Waals surface area contributed by atoms with Gasteiger partial charge in [0.2, 0.25) is 5.91 Å². The molecule has 2 bridgehead atoms. The minimum Gasteiger partial charge on any atom is -0.364 e. The summed E-state index contributed by atoms with van der Waals surface area (Å²) in [7, 11) is 0. The predicted molar refractivity (Wildman–Crippen MR) is 40.9 cm³/mol. The molecule has 3 fully saturated rings. The molecule has 13 heavy (non-hydrogen) atoms. The fourth-order valence-corrected chi connectivity index (χ4v) is 2.07. The number of hydrogen-bond acceptors (Lipinski definition) is 4. The molecular weight excluding hydrogens is 174 g/mol. The maximum Gasteiger partial charge on any atom is 0.217 e. The predicted octanol–water partition coefficient (Wildman–Crippen LogP) is -0.986. The zero-order valence-electron chi connectivity index (χ0n) is 7.23. The van der Waals surface area contributed by atoms with Crippen LogP contribution in [0.1, 0.15) is 6.92 Å². The smallest absolute Gasteiger partial charge is 0.217 e. The van der Waals surface area contributed by atoms with E-state index in [0.29, 0.717) is 6.61 Å². The van der Waals surface area contributed by atoms with E-state index in [9.17, 15) is 4.79 Å². The van der Waals surface area contributed by atoms with Crippen LogP contribution in [0.25, 0.3) is 0 Å². The van der Waals surface area contributed by atoms with E-state index in [1.54, 1.807) is 0 Å². The number of epoxide rings is 1. The second-order valence-electron chi connectivity index (χ2n) is 3.67. The second kappa shape index (κ2) is 2.43. The molecule has 3 aliphatic heterocycles. The van der Waals surface area contributed by atoms with E-state index < -0.39 is 0 Å². The van der Waals surface area contributed by atoms with Crippen molar-refractivity contribution in [3.63, 3.8) is 0 Å². The SMILES string of the molecule is CC(=O)NC1[C@@H]2OCC(O2)[C@@H]2O[C@@H]12. The van der Waals surface area contributed by atoms with Gasteiger partial charge in [0.25, 0.3) is 0 Å². The first kappa shape index (κ1) is 7.73. The van der Waals surface area contributed by atoms with Crippen LogP contribution >= 0.6 is 0 Å². The van der Waals surface area contributed by atoms with Crippen LogP contribution in [-0.2, 0) is 19.0 Å². The minimum absolute atomic E-state index is 0.0724. The van der Waals surface area contributed by atoms with Gasteiger partial charge in [0.05, 0.1) is 6.61 Å². The van der Waals surface area contributed by atoms with Crippen molar-refractivity contribution in [3.8, 4) is 0 Å². The van der Waals surface area contributed by atoms with E-state index in [1.165, 1.54) is 6.92 Å². The van der Waals surface area contributed by atoms with Crippen molar-refractivity contribution in [2.45, 2.75) is 37.6 Å². The number of hydrogen-bond donors (Lipinski definition) is 1. The maximum absolute atomic E-state index is 10.9. The summed E-state index contributed by atoms with van der Waals surface area (Å²) in [4.78, 5) is 10.9. The zero-order valence-corrected chi connectivity index (χ0v) is 7.23. The first-order valence-electron chi connectivity index (χ1n) is 4.45. The van der Waals surface area contributed by atoms with Crippen molar-refractivity contribution in [1.82, 2.24) is 5.32 Å². The number of carbonyl (C=O) groups excluding carboxylic acids is 1. The van der Waals surface area contributed by atoms with Crippen molar-refractivity contribution in [1.29, 1.82) is 0 Å². The summed E-state index contributed by atoms with van der Waals surface area (Å²) < 4.78 is 16.3. The average molecular weight is 185 g/mol. The molecule has 3 rings (SSSR count). The van der Waals surface area contributed by atoms with Crippen LogP contribution in [0.5, 0.6) is 0 Å². The lowest BCUT2D eigenvalue weighted by Crippen LogP contribution is -2.50. The van der Waals surface area contributed by atoms with Gasteiger partial charge in [-0.25, -0.2) is 0 Å². The van der Waals surface area contributed by atoms with Crippen molar-refractivity contribution in [2.24, 2.45) is 0 Å². The standard InChI is InChI=1S/C8H11NO4/c1-3(10)9-5-7-6(13-7)4-2-11-8(5)12-4/h4-8H,2H2,1H3,(H,9,10)/t4?,5?,6-,7-,8+/m0/s1. The van der Waals surface area contributed by atoms with Gasteiger partial charge >= 0.3 is 0 Å². The molecular formula is C8H11NO4. The number of fused-ring (bicyclic) bond motifs is 4. The van der Waals surface area contributed by atoms with Gasteiger partial charge in [-0.05, 0) is 0 Å². The number of rotatable bonds is 1. The largest absolute Gasteiger partial charge is 0.364 e. The summed E-state index contributed by atoms with van der Waals surface area (Å²) in [5.74, 6) is -0.0724. The molecule has 1 amide bonds. The molecule has 3 heterocycles. The van der Waals surface area contributed by atoms with Gasteiger partial charge in [0.1, 0.15) is 24.4 Å². The van der Waals surface area contributed by atoms with Crippen LogP contribution in [0.15, 0.2) is 0 Å². The van der Waals surface area contributed by atoms with Gasteiger partial charge in [-0.2, -0.15) is 0 Å². The summed E-state index contributed by atoms with van der Waals surface area (Å²) in [5, 5.41) is 2.79. The second-order valence-corrected chi connectivity index (χ2v) is 3.67. The van der Waals surface area contributed by atoms with E-state index in [0.717, 1.165) is 0 Å². The maximum atomic E-state index is 10.9. The van der Waals surface area contributed by atoms with Crippen LogP contribution in [0, 0.1) is 0 Å². The molecule has 72 valence electrons. The number of carbonyl (C=O) groups is 1. The fourth-order valence-electron chi connectivity index (χ4n) is 2.07. The molecule has 0 radical (unpaired) electrons. The number of nitrogens with one attached hydrogen (secondary N) is 1. The first-order chi connectivity index (χ1) is 6.25. The fraction of sp³-hybridized carbons (Fsp3) is 0.875. The summed E-state index contributed by atoms with van der Waals surface area (Å²) >= 11 is 0. The Labute approximate surface area is 75.3 Å². The number of ether oxygens (including phenoxy) is 3. The Kier molecular flexibility index (Phi) is 1.45. The first-order valence-corrected chi connectivity index (χ1v) is 4.45. The lowest BCUT2D eigenvalue weighted by molar-refractivity contribution is -0.128. The molecule has 5 heteroatoms. The summed E-state index contributed by atoms with van der Waals surface area (Å²) in [6.07, 6.45) is 0.0170. The van der Waals surface area contributed by atoms with Gasteiger partial charge in [0.15, 0.2) is 6.29 Å². The van der Waals surface area contributed by atoms with Gasteiger partial charge in [-0.3, -0.25) is 4.79 Å². The molecule has 5 atom stereocenters. The van der Waals surface area contributed by atoms with Gasteiger partial charge in [-0.1, -0.05) is 0 Å². The van der Waals surface area contributed by atoms with Crippen molar-refractivity contribution in [3.05, 3.63) is 0 Å². The van der Waals surface area contributed by atoms with E-state index in [1.807, 2.05) is 0 Å². The van der Waals surface area contributed by atoms with Crippen molar-refractivity contribution < 1.29 is 19.0 Å². The normalized spacial score (nSPS) is 51.3. The molecule has 1 N–H and O–H groups in total. The molecule has 0 saturated carbocycles. The average Bonchev–Trinajstić information content (AvgIpc) is 2.74. The molecule has 0 aromatic carbocycles. The summed E-state index contributed by atoms with van der Waals surface area (Å²) in [6.45, 7) is 2.07. The summed E-state index contributed by atoms with van der Waals surface area (Å²) in [6, 6.07) is -0.124. The van der Waals surface area contributed by atoms with E-state index >= 15 is 0 Å². The third kappa shape index (κ3) is 1.08. The third-order valence-corrected chi connectivity index (χ3v) is 2.68. The Morgan fingerprint density at radius 3 is 3.00 bits per heavy atom. The Bertz CT molecular complexity index is 257. The Hall–Kier alpha value is -0.650. The highest BCUT2D eigenvalue weighted by Crippen LogP contribution is 2.41. The topological polar surface area (TPSA) is 60.1 Å². The van der Waals surface area contributed by atoms with Crippen LogP contribution in [0.2, 0.25) is 0 Å². The van der Waals surface area contributed by atoms with Crippen LogP contribution in [0.4, 0.5) is 0 Å². The highest BCUT2D eigenvalue weighted by Gasteiger charge is 2.61. The number of amides is 1. The zero-order chi connectivity index (χ0) is 9.00. The Balaban J connectivity index is 1.76. The lowest BCUT2D eigenvalue weighted by atomic mass is 10.1. The van der Waals surface area contributed by atoms with Crippen molar-refractivity contribution in [2.75, 3.05) is 6.61 Å². The minimum atomic E-state index is -0.308. The van der Waals surface area contributed by atoms with Gasteiger partial charge in [0, 0.05) is 6.92 Å². The van der Waals surface area contributed by atoms with Crippen LogP contribution < -0.4 is 5.32 Å². The quantitative estimate of drug-likeness (QED) is 0.533. The van der Waals surface area contributed by atoms with Gasteiger partial charge < -0.3 is 19.5 Å². The molecule has 3 aliphatic rings. The van der Waals surface area contributed by atoms with Gasteiger partial charge in [-0.15, -0.1) is 0 Å². The molecule has 0 aliphatic carbocycles. The third-order valence-electron chi connectivity index (χ3n) is 2.68. The highest BCUT2D eigenvalue weighted by atomic mass is 16.8. The van der Waals surface area contributed by atoms with E-state index in [4.69, 9.17) is 14.2 Å². The van der Waals surface area contributed by atoms with Crippen LogP contribution in [0.3, 0.4) is 0 Å². The highest BCUT2D eigenvalue weighted by molar-refractivity contribution is 5.73. The van der Waals surface area contributed by atoms with Crippen molar-refractivity contribution >= 4 is 5.91 Å². The van der Waals surface area contributed by atoms with E-state index in [2.05, 4.69) is 5.32 Å². The molecule has 0 aromatic rings. The Morgan fingerprint density at radius 2 is 2.23 bits per heavy atom. The lowest BCUT2D eigenvalue weighted by Gasteiger charge is -2.24. The molecule has 5 nitrogen and oxygen atoms in total. The van der Waals surface area contributed by atoms with Crippen LogP contribution in [-0.4, -0.2) is 43.2 Å². The van der Waals surface area contributed by atoms with E-state index in [-0.39, 0.29) is 36.6 Å². The molecule has 0 aromatic heterocycles.